The summed E-state index contributed by atoms with van der Waals surface area (Å²) in [7, 11) is 0. The maximum absolute atomic E-state index is 5.74. The molecule has 2 rings (SSSR count). The molecule has 2 N–H and O–H groups in total. The molecule has 0 bridgehead atoms. The van der Waals surface area contributed by atoms with Crippen LogP contribution in [0.5, 0.6) is 0 Å². The Labute approximate surface area is 108 Å². The molecule has 0 fully saturated rings. The smallest absolute Gasteiger partial charge is 0.195 e. The van der Waals surface area contributed by atoms with Gasteiger partial charge in [0.05, 0.1) is 0 Å². The van der Waals surface area contributed by atoms with E-state index in [-0.39, 0.29) is 0 Å². The molecule has 0 spiro atoms. The Kier molecular flexibility index (Phi) is 3.33. The number of fused-ring (bicyclic) bond motifs is 1. The minimum absolute atomic E-state index is 0.343. The molecule has 0 aliphatic rings. The molecule has 0 saturated carbocycles. The first-order valence-electron chi connectivity index (χ1n) is 6.48. The van der Waals surface area contributed by atoms with Gasteiger partial charge in [-0.2, -0.15) is 0 Å². The number of anilines is 1. The van der Waals surface area contributed by atoms with Crippen LogP contribution in [-0.2, 0) is 6.42 Å². The number of hydrogen-bond acceptors (Lipinski definition) is 3. The molecular formula is C15H22N2O. The number of nitrogens with zero attached hydrogens (tertiary/aromatic N) is 1. The van der Waals surface area contributed by atoms with Gasteiger partial charge in [0, 0.05) is 12.1 Å². The summed E-state index contributed by atoms with van der Waals surface area (Å²) in [6.45, 7) is 9.03. The van der Waals surface area contributed by atoms with Crippen molar-refractivity contribution in [2.75, 3.05) is 5.73 Å². The molecule has 98 valence electrons. The fourth-order valence-electron chi connectivity index (χ4n) is 2.50. The van der Waals surface area contributed by atoms with Crippen molar-refractivity contribution in [2.24, 2.45) is 11.3 Å². The van der Waals surface area contributed by atoms with E-state index < -0.39 is 0 Å². The third kappa shape index (κ3) is 3.25. The van der Waals surface area contributed by atoms with Crippen molar-refractivity contribution in [2.45, 2.75) is 40.5 Å². The van der Waals surface area contributed by atoms with Gasteiger partial charge in [0.15, 0.2) is 11.5 Å². The quantitative estimate of drug-likeness (QED) is 0.832. The molecule has 1 aromatic carbocycles. The van der Waals surface area contributed by atoms with Gasteiger partial charge in [-0.25, -0.2) is 4.98 Å². The van der Waals surface area contributed by atoms with Crippen molar-refractivity contribution in [1.29, 1.82) is 0 Å². The normalized spacial score (nSPS) is 14.0. The van der Waals surface area contributed by atoms with E-state index in [2.05, 4.69) is 32.7 Å². The Morgan fingerprint density at radius 1 is 1.33 bits per heavy atom. The zero-order chi connectivity index (χ0) is 13.3. The second-order valence-electron chi connectivity index (χ2n) is 6.41. The first kappa shape index (κ1) is 12.9. The largest absolute Gasteiger partial charge is 0.441 e. The fourth-order valence-corrected chi connectivity index (χ4v) is 2.50. The first-order chi connectivity index (χ1) is 8.33. The van der Waals surface area contributed by atoms with Gasteiger partial charge in [-0.05, 0) is 36.0 Å². The van der Waals surface area contributed by atoms with Crippen LogP contribution in [0.4, 0.5) is 5.69 Å². The minimum atomic E-state index is 0.343. The van der Waals surface area contributed by atoms with Crippen molar-refractivity contribution in [1.82, 2.24) is 4.98 Å². The van der Waals surface area contributed by atoms with E-state index in [1.165, 1.54) is 0 Å². The highest BCUT2D eigenvalue weighted by molar-refractivity contribution is 5.76. The fraction of sp³-hybridized carbons (Fsp3) is 0.533. The summed E-state index contributed by atoms with van der Waals surface area (Å²) in [4.78, 5) is 4.50. The Balaban J connectivity index is 2.12. The molecule has 1 atom stereocenters. The van der Waals surface area contributed by atoms with E-state index in [0.717, 1.165) is 35.5 Å². The van der Waals surface area contributed by atoms with Crippen LogP contribution in [0.3, 0.4) is 0 Å². The number of oxazole rings is 1. The van der Waals surface area contributed by atoms with Crippen LogP contribution >= 0.6 is 0 Å². The summed E-state index contributed by atoms with van der Waals surface area (Å²) < 4.78 is 5.74. The van der Waals surface area contributed by atoms with Gasteiger partial charge >= 0.3 is 0 Å². The molecule has 3 heteroatoms. The molecule has 1 unspecified atom stereocenters. The van der Waals surface area contributed by atoms with Gasteiger partial charge in [-0.3, -0.25) is 0 Å². The van der Waals surface area contributed by atoms with E-state index >= 15 is 0 Å². The molecule has 0 saturated heterocycles. The van der Waals surface area contributed by atoms with Crippen molar-refractivity contribution in [3.8, 4) is 0 Å². The predicted octanol–water partition coefficient (Wildman–Crippen LogP) is 4.02. The van der Waals surface area contributed by atoms with Gasteiger partial charge in [-0.1, -0.05) is 27.7 Å². The number of hydrogen-bond donors (Lipinski definition) is 1. The highest BCUT2D eigenvalue weighted by Crippen LogP contribution is 2.27. The molecule has 0 radical (unpaired) electrons. The lowest BCUT2D eigenvalue weighted by molar-refractivity contribution is 0.295. The van der Waals surface area contributed by atoms with Crippen LogP contribution in [0.25, 0.3) is 11.1 Å². The number of benzene rings is 1. The molecule has 0 amide bonds. The summed E-state index contributed by atoms with van der Waals surface area (Å²) in [6.07, 6.45) is 2.04. The zero-order valence-electron chi connectivity index (χ0n) is 11.7. The minimum Gasteiger partial charge on any atom is -0.441 e. The average Bonchev–Trinajstić information content (AvgIpc) is 2.55. The van der Waals surface area contributed by atoms with E-state index in [1.807, 2.05) is 18.2 Å². The van der Waals surface area contributed by atoms with Gasteiger partial charge in [0.1, 0.15) is 5.52 Å². The SMILES string of the molecule is CC(Cc1nc2cc(N)ccc2o1)CC(C)(C)C. The molecule has 2 aromatic rings. The summed E-state index contributed by atoms with van der Waals surface area (Å²) in [5.74, 6) is 1.38. The third-order valence-electron chi connectivity index (χ3n) is 2.94. The lowest BCUT2D eigenvalue weighted by Gasteiger charge is -2.22. The Hall–Kier alpha value is -1.51. The Morgan fingerprint density at radius 3 is 2.72 bits per heavy atom. The van der Waals surface area contributed by atoms with Crippen LogP contribution in [-0.4, -0.2) is 4.98 Å². The van der Waals surface area contributed by atoms with Crippen molar-refractivity contribution >= 4 is 16.8 Å². The van der Waals surface area contributed by atoms with Crippen LogP contribution < -0.4 is 5.73 Å². The second kappa shape index (κ2) is 4.63. The summed E-state index contributed by atoms with van der Waals surface area (Å²) in [5, 5.41) is 0. The number of aromatic nitrogens is 1. The van der Waals surface area contributed by atoms with E-state index in [9.17, 15) is 0 Å². The number of nitrogen functional groups attached to an aromatic ring is 1. The summed E-state index contributed by atoms with van der Waals surface area (Å²) in [5.41, 5.74) is 8.48. The van der Waals surface area contributed by atoms with Crippen LogP contribution in [0, 0.1) is 11.3 Å². The maximum Gasteiger partial charge on any atom is 0.195 e. The standard InChI is InChI=1S/C15H22N2O/c1-10(9-15(2,3)4)7-14-17-12-8-11(16)5-6-13(12)18-14/h5-6,8,10H,7,9,16H2,1-4H3. The van der Waals surface area contributed by atoms with Crippen LogP contribution in [0.1, 0.15) is 40.0 Å². The van der Waals surface area contributed by atoms with Crippen LogP contribution in [0.15, 0.2) is 22.6 Å². The lowest BCUT2D eigenvalue weighted by atomic mass is 9.84. The maximum atomic E-state index is 5.74. The summed E-state index contributed by atoms with van der Waals surface area (Å²) in [6, 6.07) is 5.59. The van der Waals surface area contributed by atoms with Crippen molar-refractivity contribution in [3.05, 3.63) is 24.1 Å². The van der Waals surface area contributed by atoms with Crippen LogP contribution in [0.2, 0.25) is 0 Å². The van der Waals surface area contributed by atoms with Gasteiger partial charge in [0.25, 0.3) is 0 Å². The van der Waals surface area contributed by atoms with Crippen molar-refractivity contribution < 1.29 is 4.42 Å². The topological polar surface area (TPSA) is 52.0 Å². The molecule has 1 aromatic heterocycles. The number of rotatable bonds is 3. The Bertz CT molecular complexity index is 537. The third-order valence-corrected chi connectivity index (χ3v) is 2.94. The van der Waals surface area contributed by atoms with E-state index in [0.29, 0.717) is 11.3 Å². The molecule has 3 nitrogen and oxygen atoms in total. The Morgan fingerprint density at radius 2 is 2.06 bits per heavy atom. The first-order valence-corrected chi connectivity index (χ1v) is 6.48. The van der Waals surface area contributed by atoms with E-state index in [4.69, 9.17) is 10.2 Å². The highest BCUT2D eigenvalue weighted by atomic mass is 16.3. The predicted molar refractivity (Wildman–Crippen MR) is 75.4 cm³/mol. The highest BCUT2D eigenvalue weighted by Gasteiger charge is 2.17. The second-order valence-corrected chi connectivity index (χ2v) is 6.41. The van der Waals surface area contributed by atoms with E-state index in [1.54, 1.807) is 0 Å². The van der Waals surface area contributed by atoms with Crippen molar-refractivity contribution in [3.63, 3.8) is 0 Å². The molecule has 18 heavy (non-hydrogen) atoms. The summed E-state index contributed by atoms with van der Waals surface area (Å²) >= 11 is 0. The molecule has 1 heterocycles. The number of nitrogens with two attached hydrogens (primary N) is 1. The molecular weight excluding hydrogens is 224 g/mol. The zero-order valence-corrected chi connectivity index (χ0v) is 11.7. The lowest BCUT2D eigenvalue weighted by Crippen LogP contribution is -2.12. The van der Waals surface area contributed by atoms with Gasteiger partial charge in [-0.15, -0.1) is 0 Å². The molecule has 0 aliphatic heterocycles. The van der Waals surface area contributed by atoms with Gasteiger partial charge in [0.2, 0.25) is 0 Å². The monoisotopic (exact) mass is 246 g/mol. The molecule has 0 aliphatic carbocycles. The van der Waals surface area contributed by atoms with Gasteiger partial charge < -0.3 is 10.2 Å². The average molecular weight is 246 g/mol.